The van der Waals surface area contributed by atoms with E-state index in [1.807, 2.05) is 7.05 Å². The normalized spacial score (nSPS) is 44.9. The number of aliphatic hydroxyl groups excluding tert-OH is 3. The van der Waals surface area contributed by atoms with Crippen LogP contribution in [0.4, 0.5) is 0 Å². The molecule has 0 heterocycles. The summed E-state index contributed by atoms with van der Waals surface area (Å²) in [5.74, 6) is 2.94. The van der Waals surface area contributed by atoms with Crippen molar-refractivity contribution in [3.05, 3.63) is 24.7 Å². The first-order chi connectivity index (χ1) is 21.7. The smallest absolute Gasteiger partial charge is 0.125 e. The van der Waals surface area contributed by atoms with Crippen molar-refractivity contribution in [3.8, 4) is 0 Å². The largest absolute Gasteiger partial charge is 0.513 e. The molecule has 0 amide bonds. The van der Waals surface area contributed by atoms with E-state index >= 15 is 0 Å². The third kappa shape index (κ3) is 5.47. The summed E-state index contributed by atoms with van der Waals surface area (Å²) in [5.41, 5.74) is 10.5. The topological polar surface area (TPSA) is 111 Å². The number of hydrogen-bond acceptors (Lipinski definition) is 7. The highest BCUT2D eigenvalue weighted by molar-refractivity contribution is 5.27. The number of nitrogens with two attached hydrogens (primary N) is 1. The summed E-state index contributed by atoms with van der Waals surface area (Å²) >= 11 is 0. The fraction of sp³-hybridized carbons (Fsp3) is 0.900. The number of nitrogens with zero attached hydrogens (tertiary/aromatic N) is 1. The Labute approximate surface area is 287 Å². The van der Waals surface area contributed by atoms with E-state index in [1.54, 1.807) is 5.01 Å². The van der Waals surface area contributed by atoms with Crippen LogP contribution in [0.15, 0.2) is 24.7 Å². The van der Waals surface area contributed by atoms with Crippen LogP contribution in [-0.4, -0.2) is 52.0 Å². The second-order valence-electron chi connectivity index (χ2n) is 19.3. The molecule has 7 nitrogen and oxygen atoms in total. The highest BCUT2D eigenvalue weighted by atomic mass is 16.5. The Kier molecular flexibility index (Phi) is 9.71. The van der Waals surface area contributed by atoms with E-state index in [4.69, 9.17) is 10.5 Å². The van der Waals surface area contributed by atoms with E-state index in [1.165, 1.54) is 12.8 Å². The summed E-state index contributed by atoms with van der Waals surface area (Å²) in [6.45, 7) is 27.2. The van der Waals surface area contributed by atoms with E-state index < -0.39 is 6.23 Å². The second-order valence-corrected chi connectivity index (χ2v) is 19.3. The zero-order valence-corrected chi connectivity index (χ0v) is 31.6. The maximum Gasteiger partial charge on any atom is 0.125 e. The van der Waals surface area contributed by atoms with Gasteiger partial charge in [-0.15, -0.1) is 0 Å². The number of fused-ring (bicyclic) bond motifs is 7. The Morgan fingerprint density at radius 1 is 0.957 bits per heavy atom. The zero-order chi connectivity index (χ0) is 35.0. The lowest BCUT2D eigenvalue weighted by Crippen LogP contribution is -2.77. The summed E-state index contributed by atoms with van der Waals surface area (Å²) in [6.07, 6.45) is 12.6. The van der Waals surface area contributed by atoms with Gasteiger partial charge in [0.1, 0.15) is 19.1 Å². The molecule has 5 unspecified atom stereocenters. The van der Waals surface area contributed by atoms with Crippen molar-refractivity contribution < 1.29 is 20.1 Å². The van der Waals surface area contributed by atoms with Crippen LogP contribution < -0.4 is 11.2 Å². The van der Waals surface area contributed by atoms with Gasteiger partial charge in [-0.25, -0.2) is 10.4 Å². The van der Waals surface area contributed by atoms with Crippen LogP contribution in [-0.2, 0) is 4.74 Å². The zero-order valence-electron chi connectivity index (χ0n) is 31.6. The van der Waals surface area contributed by atoms with Crippen molar-refractivity contribution in [1.82, 2.24) is 10.4 Å². The number of hydrazine groups is 1. The van der Waals surface area contributed by atoms with Gasteiger partial charge in [0.05, 0.1) is 11.5 Å². The number of ether oxygens (including phenoxy) is 1. The van der Waals surface area contributed by atoms with Gasteiger partial charge in [-0.1, -0.05) is 75.0 Å². The van der Waals surface area contributed by atoms with Crippen molar-refractivity contribution in [3.63, 3.8) is 0 Å². The fourth-order valence-corrected chi connectivity index (χ4v) is 14.0. The molecule has 5 aliphatic carbocycles. The lowest BCUT2D eigenvalue weighted by molar-refractivity contribution is -0.270. The van der Waals surface area contributed by atoms with Crippen LogP contribution in [0.5, 0.6) is 0 Å². The molecule has 0 saturated heterocycles. The number of rotatable bonds is 11. The highest BCUT2D eigenvalue weighted by Gasteiger charge is 2.76. The monoisotopic (exact) mass is 658 g/mol. The average Bonchev–Trinajstić information content (AvgIpc) is 3.35. The van der Waals surface area contributed by atoms with Gasteiger partial charge < -0.3 is 25.8 Å². The Morgan fingerprint density at radius 2 is 1.62 bits per heavy atom. The molecule has 0 aromatic carbocycles. The van der Waals surface area contributed by atoms with Crippen LogP contribution in [0.3, 0.4) is 0 Å². The Bertz CT molecular complexity index is 1200. The maximum atomic E-state index is 11.9. The molecule has 47 heavy (non-hydrogen) atoms. The minimum Gasteiger partial charge on any atom is -0.513 e. The van der Waals surface area contributed by atoms with Gasteiger partial charge >= 0.3 is 0 Å². The first kappa shape index (κ1) is 37.1. The molecule has 5 saturated carbocycles. The molecule has 6 N–H and O–H groups in total. The van der Waals surface area contributed by atoms with Gasteiger partial charge in [-0.2, -0.15) is 0 Å². The van der Waals surface area contributed by atoms with Crippen molar-refractivity contribution >= 4 is 0 Å². The predicted molar refractivity (Wildman–Crippen MR) is 191 cm³/mol. The first-order valence-electron chi connectivity index (χ1n) is 18.9. The molecule has 0 bridgehead atoms. The minimum atomic E-state index is -0.682. The van der Waals surface area contributed by atoms with E-state index in [-0.39, 0.29) is 62.5 Å². The van der Waals surface area contributed by atoms with Gasteiger partial charge in [0.25, 0.3) is 0 Å². The molecule has 0 aromatic rings. The van der Waals surface area contributed by atoms with E-state index in [9.17, 15) is 15.3 Å². The lowest BCUT2D eigenvalue weighted by atomic mass is 9.30. The molecule has 7 heteroatoms. The number of allylic oxidation sites excluding steroid dienone is 2. The number of nitrogens with one attached hydrogen (secondary N) is 1. The molecular weight excluding hydrogens is 586 g/mol. The molecule has 0 radical (unpaired) electrons. The maximum absolute atomic E-state index is 11.9. The van der Waals surface area contributed by atoms with E-state index in [0.717, 1.165) is 63.5 Å². The molecule has 5 rings (SSSR count). The number of hydrogen-bond donors (Lipinski definition) is 5. The third-order valence-electron chi connectivity index (χ3n) is 16.2. The fourth-order valence-electron chi connectivity index (χ4n) is 14.0. The highest BCUT2D eigenvalue weighted by Crippen LogP contribution is 2.78. The lowest BCUT2D eigenvalue weighted by Gasteiger charge is -2.76. The molecule has 5 fully saturated rings. The molecule has 11 atom stereocenters. The van der Waals surface area contributed by atoms with Gasteiger partial charge in [0.2, 0.25) is 0 Å². The van der Waals surface area contributed by atoms with Crippen LogP contribution in [0.1, 0.15) is 139 Å². The third-order valence-corrected chi connectivity index (χ3v) is 16.2. The van der Waals surface area contributed by atoms with Crippen LogP contribution in [0.2, 0.25) is 0 Å². The molecule has 0 spiro atoms. The molecule has 270 valence electrons. The van der Waals surface area contributed by atoms with Gasteiger partial charge in [0.15, 0.2) is 0 Å². The van der Waals surface area contributed by atoms with Crippen LogP contribution in [0.25, 0.3) is 0 Å². The number of aliphatic hydroxyl groups is 3. The molecular formula is C40H71N3O4. The quantitative estimate of drug-likeness (QED) is 0.0869. The van der Waals surface area contributed by atoms with Crippen molar-refractivity contribution in [2.45, 2.75) is 157 Å². The minimum absolute atomic E-state index is 0.00895. The van der Waals surface area contributed by atoms with Gasteiger partial charge in [0, 0.05) is 36.3 Å². The summed E-state index contributed by atoms with van der Waals surface area (Å²) in [5, 5.41) is 33.2. The van der Waals surface area contributed by atoms with E-state index in [0.29, 0.717) is 30.6 Å². The molecule has 0 aromatic heterocycles. The summed E-state index contributed by atoms with van der Waals surface area (Å²) in [7, 11) is 1.87. The SMILES string of the molecule is C=C(O)CC(C)(C)CC(=C)OC1CC[C@@]2(C)[C@@H](CCC3(C)[C@@H]2CCC2(N)[C@H]4[C@H](CC)CCC4(C(O)N(C)NCO)CC[C@@]32C)C1(C)C. The predicted octanol–water partition coefficient (Wildman–Crippen LogP) is 8.04. The molecule has 0 aliphatic heterocycles. The molecule has 5 aliphatic rings. The van der Waals surface area contributed by atoms with Crippen molar-refractivity contribution in [2.24, 2.45) is 61.9 Å². The van der Waals surface area contributed by atoms with Crippen molar-refractivity contribution in [2.75, 3.05) is 13.8 Å². The Hall–Kier alpha value is -1.12. The van der Waals surface area contributed by atoms with Crippen LogP contribution >= 0.6 is 0 Å². The summed E-state index contributed by atoms with van der Waals surface area (Å²) < 4.78 is 6.77. The average molecular weight is 658 g/mol. The standard InChI is InChI=1S/C40H71N3O4/c1-12-28-13-19-39(33(46)43(11)42-25-44)22-21-38(10)37(9)18-14-29-35(6,7)31(47-27(3)24-34(4,5)23-26(2)45)16-17-36(29,8)30(37)15-20-40(38,41)32(28)39/h28-33,42,44-46H,2-3,12-25,41H2,1,4-11H3/t28-,29+,30-,31?,32+,33?,36+,37?,38+,39?,40?/m1/s1. The van der Waals surface area contributed by atoms with E-state index in [2.05, 4.69) is 74.0 Å². The first-order valence-corrected chi connectivity index (χ1v) is 18.9. The second kappa shape index (κ2) is 12.3. The Balaban J connectivity index is 1.42. The van der Waals surface area contributed by atoms with Crippen LogP contribution in [0, 0.1) is 56.2 Å². The summed E-state index contributed by atoms with van der Waals surface area (Å²) in [4.78, 5) is 0. The van der Waals surface area contributed by atoms with Gasteiger partial charge in [-0.3, -0.25) is 0 Å². The summed E-state index contributed by atoms with van der Waals surface area (Å²) in [6, 6.07) is 0. The van der Waals surface area contributed by atoms with Crippen molar-refractivity contribution in [1.29, 1.82) is 0 Å². The Morgan fingerprint density at radius 3 is 2.23 bits per heavy atom. The van der Waals surface area contributed by atoms with Gasteiger partial charge in [-0.05, 0) is 110 Å².